The third kappa shape index (κ3) is 5.18. The van der Waals surface area contributed by atoms with E-state index in [0.29, 0.717) is 11.8 Å². The molecule has 2 aromatic rings. The third-order valence-corrected chi connectivity index (χ3v) is 4.89. The average Bonchev–Trinajstić information content (AvgIpc) is 2.63. The molecule has 0 aliphatic carbocycles. The molecule has 5 heteroatoms. The van der Waals surface area contributed by atoms with Gasteiger partial charge in [-0.15, -0.1) is 0 Å². The summed E-state index contributed by atoms with van der Waals surface area (Å²) in [6, 6.07) is 13.5. The Labute approximate surface area is 153 Å². The number of nitrogens with one attached hydrogen (secondary N) is 1. The molecule has 25 heavy (non-hydrogen) atoms. The van der Waals surface area contributed by atoms with Crippen molar-refractivity contribution in [1.29, 1.82) is 0 Å². The van der Waals surface area contributed by atoms with Gasteiger partial charge in [-0.1, -0.05) is 29.8 Å². The summed E-state index contributed by atoms with van der Waals surface area (Å²) >= 11 is 5.95. The van der Waals surface area contributed by atoms with E-state index in [1.807, 2.05) is 12.1 Å². The number of hydrogen-bond acceptors (Lipinski definition) is 3. The summed E-state index contributed by atoms with van der Waals surface area (Å²) in [5.41, 5.74) is 2.32. The smallest absolute Gasteiger partial charge is 0.165 e. The predicted molar refractivity (Wildman–Crippen MR) is 99.5 cm³/mol. The van der Waals surface area contributed by atoms with E-state index < -0.39 is 0 Å². The maximum atomic E-state index is 13.5. The van der Waals surface area contributed by atoms with Crippen LogP contribution >= 0.6 is 11.6 Å². The number of benzene rings is 2. The fourth-order valence-electron chi connectivity index (χ4n) is 3.29. The van der Waals surface area contributed by atoms with Crippen molar-refractivity contribution in [3.8, 4) is 5.75 Å². The highest BCUT2D eigenvalue weighted by Crippen LogP contribution is 2.19. The summed E-state index contributed by atoms with van der Waals surface area (Å²) in [6.07, 6.45) is 2.34. The molecular weight excluding hydrogens is 339 g/mol. The Bertz CT molecular complexity index is 693. The highest BCUT2D eigenvalue weighted by Gasteiger charge is 2.19. The first-order valence-corrected chi connectivity index (χ1v) is 9.04. The molecule has 1 fully saturated rings. The Balaban J connectivity index is 1.52. The number of nitrogens with zero attached hydrogens (tertiary/aromatic N) is 1. The van der Waals surface area contributed by atoms with Crippen LogP contribution in [0, 0.1) is 5.82 Å². The number of rotatable bonds is 6. The van der Waals surface area contributed by atoms with Gasteiger partial charge in [0.1, 0.15) is 0 Å². The topological polar surface area (TPSA) is 24.5 Å². The highest BCUT2D eigenvalue weighted by molar-refractivity contribution is 6.30. The Morgan fingerprint density at radius 3 is 2.72 bits per heavy atom. The summed E-state index contributed by atoms with van der Waals surface area (Å²) in [4.78, 5) is 2.47. The SMILES string of the molecule is COc1cc(CN[C@H]2CCCN(Cc3ccc(Cl)cc3)C2)ccc1F. The molecule has 3 rings (SSSR count). The molecule has 0 aromatic heterocycles. The van der Waals surface area contributed by atoms with Crippen LogP contribution in [0.25, 0.3) is 0 Å². The zero-order valence-electron chi connectivity index (χ0n) is 14.5. The van der Waals surface area contributed by atoms with Crippen molar-refractivity contribution in [3.05, 3.63) is 64.4 Å². The summed E-state index contributed by atoms with van der Waals surface area (Å²) in [5, 5.41) is 4.37. The van der Waals surface area contributed by atoms with Crippen LogP contribution < -0.4 is 10.1 Å². The lowest BCUT2D eigenvalue weighted by atomic mass is 10.0. The minimum atomic E-state index is -0.321. The Hall–Kier alpha value is -1.62. The van der Waals surface area contributed by atoms with Gasteiger partial charge in [0.05, 0.1) is 7.11 Å². The molecule has 3 nitrogen and oxygen atoms in total. The lowest BCUT2D eigenvalue weighted by Crippen LogP contribution is -2.45. The van der Waals surface area contributed by atoms with Crippen LogP contribution in [0.15, 0.2) is 42.5 Å². The first kappa shape index (κ1) is 18.2. The van der Waals surface area contributed by atoms with E-state index >= 15 is 0 Å². The number of piperidine rings is 1. The van der Waals surface area contributed by atoms with Gasteiger partial charge < -0.3 is 10.1 Å². The molecule has 0 unspecified atom stereocenters. The van der Waals surface area contributed by atoms with Crippen molar-refractivity contribution in [2.45, 2.75) is 32.0 Å². The molecule has 0 spiro atoms. The lowest BCUT2D eigenvalue weighted by Gasteiger charge is -2.33. The van der Waals surface area contributed by atoms with Gasteiger partial charge in [-0.05, 0) is 54.8 Å². The largest absolute Gasteiger partial charge is 0.494 e. The van der Waals surface area contributed by atoms with Gasteiger partial charge in [-0.25, -0.2) is 4.39 Å². The minimum Gasteiger partial charge on any atom is -0.494 e. The number of hydrogen-bond donors (Lipinski definition) is 1. The van der Waals surface area contributed by atoms with E-state index in [1.54, 1.807) is 12.1 Å². The average molecular weight is 363 g/mol. The van der Waals surface area contributed by atoms with E-state index in [4.69, 9.17) is 16.3 Å². The summed E-state index contributed by atoms with van der Waals surface area (Å²) in [5.74, 6) is -0.0228. The molecule has 1 aliphatic rings. The molecule has 0 radical (unpaired) electrons. The van der Waals surface area contributed by atoms with Crippen LogP contribution in [0.4, 0.5) is 4.39 Å². The number of halogens is 2. The first-order chi connectivity index (χ1) is 12.1. The zero-order chi connectivity index (χ0) is 17.6. The van der Waals surface area contributed by atoms with E-state index in [9.17, 15) is 4.39 Å². The van der Waals surface area contributed by atoms with Crippen LogP contribution in [0.5, 0.6) is 5.75 Å². The molecule has 134 valence electrons. The Morgan fingerprint density at radius 1 is 1.20 bits per heavy atom. The summed E-state index contributed by atoms with van der Waals surface area (Å²) in [7, 11) is 1.49. The predicted octanol–water partition coefficient (Wildman–Crippen LogP) is 4.24. The molecule has 1 N–H and O–H groups in total. The molecule has 2 aromatic carbocycles. The lowest BCUT2D eigenvalue weighted by molar-refractivity contribution is 0.182. The van der Waals surface area contributed by atoms with E-state index in [1.165, 1.54) is 25.2 Å². The minimum absolute atomic E-state index is 0.298. The van der Waals surface area contributed by atoms with Gasteiger partial charge in [0.25, 0.3) is 0 Å². The zero-order valence-corrected chi connectivity index (χ0v) is 15.2. The molecule has 1 saturated heterocycles. The maximum Gasteiger partial charge on any atom is 0.165 e. The maximum absolute atomic E-state index is 13.5. The summed E-state index contributed by atoms with van der Waals surface area (Å²) < 4.78 is 18.5. The van der Waals surface area contributed by atoms with Gasteiger partial charge in [-0.2, -0.15) is 0 Å². The fourth-order valence-corrected chi connectivity index (χ4v) is 3.42. The van der Waals surface area contributed by atoms with Gasteiger partial charge >= 0.3 is 0 Å². The molecule has 1 atom stereocenters. The van der Waals surface area contributed by atoms with E-state index in [0.717, 1.165) is 43.2 Å². The van der Waals surface area contributed by atoms with Crippen LogP contribution in [0.1, 0.15) is 24.0 Å². The molecular formula is C20H24ClFN2O. The Kier molecular flexibility index (Phi) is 6.29. The molecule has 0 amide bonds. The van der Waals surface area contributed by atoms with Gasteiger partial charge in [0.2, 0.25) is 0 Å². The van der Waals surface area contributed by atoms with Crippen LogP contribution in [0.3, 0.4) is 0 Å². The fraction of sp³-hybridized carbons (Fsp3) is 0.400. The second kappa shape index (κ2) is 8.65. The number of ether oxygens (including phenoxy) is 1. The standard InChI is InChI=1S/C20H24ClFN2O/c1-25-20-11-16(6-9-19(20)22)12-23-18-3-2-10-24(14-18)13-15-4-7-17(21)8-5-15/h4-9,11,18,23H,2-3,10,12-14H2,1H3/t18-/m0/s1. The molecule has 0 saturated carbocycles. The van der Waals surface area contributed by atoms with Gasteiger partial charge in [0, 0.05) is 30.7 Å². The van der Waals surface area contributed by atoms with Crippen LogP contribution in [-0.2, 0) is 13.1 Å². The Morgan fingerprint density at radius 2 is 1.96 bits per heavy atom. The van der Waals surface area contributed by atoms with Crippen molar-refractivity contribution in [3.63, 3.8) is 0 Å². The second-order valence-electron chi connectivity index (χ2n) is 6.55. The molecule has 1 aliphatic heterocycles. The van der Waals surface area contributed by atoms with Crippen molar-refractivity contribution in [1.82, 2.24) is 10.2 Å². The van der Waals surface area contributed by atoms with Crippen LogP contribution in [-0.4, -0.2) is 31.1 Å². The van der Waals surface area contributed by atoms with Crippen molar-refractivity contribution in [2.75, 3.05) is 20.2 Å². The number of methoxy groups -OCH3 is 1. The summed E-state index contributed by atoms with van der Waals surface area (Å²) in [6.45, 7) is 3.79. The van der Waals surface area contributed by atoms with Crippen molar-refractivity contribution >= 4 is 11.6 Å². The van der Waals surface area contributed by atoms with Crippen molar-refractivity contribution in [2.24, 2.45) is 0 Å². The van der Waals surface area contributed by atoms with Crippen LogP contribution in [0.2, 0.25) is 5.02 Å². The normalized spacial score (nSPS) is 18.3. The van der Waals surface area contributed by atoms with E-state index in [-0.39, 0.29) is 5.82 Å². The van der Waals surface area contributed by atoms with E-state index in [2.05, 4.69) is 22.3 Å². The number of likely N-dealkylation sites (tertiary alicyclic amines) is 1. The van der Waals surface area contributed by atoms with Gasteiger partial charge in [0.15, 0.2) is 11.6 Å². The molecule has 1 heterocycles. The highest BCUT2D eigenvalue weighted by atomic mass is 35.5. The quantitative estimate of drug-likeness (QED) is 0.831. The van der Waals surface area contributed by atoms with Crippen molar-refractivity contribution < 1.29 is 9.13 Å². The van der Waals surface area contributed by atoms with Gasteiger partial charge in [-0.3, -0.25) is 4.90 Å². The third-order valence-electron chi connectivity index (χ3n) is 4.64. The second-order valence-corrected chi connectivity index (χ2v) is 6.99. The molecule has 0 bridgehead atoms. The monoisotopic (exact) mass is 362 g/mol. The first-order valence-electron chi connectivity index (χ1n) is 8.66.